The molecule has 0 radical (unpaired) electrons. The number of carbonyl (C=O) groups excluding carboxylic acids is 1. The maximum absolute atomic E-state index is 12.0. The minimum Gasteiger partial charge on any atom is -0.484 e. The van der Waals surface area contributed by atoms with Gasteiger partial charge in [0.2, 0.25) is 5.91 Å². The summed E-state index contributed by atoms with van der Waals surface area (Å²) in [5.41, 5.74) is 3.29. The van der Waals surface area contributed by atoms with E-state index in [0.717, 1.165) is 28.6 Å². The van der Waals surface area contributed by atoms with Crippen LogP contribution in [0.1, 0.15) is 22.6 Å². The molecule has 0 saturated carbocycles. The minimum absolute atomic E-state index is 0.124. The third-order valence-corrected chi connectivity index (χ3v) is 4.59. The van der Waals surface area contributed by atoms with Crippen LogP contribution in [0.3, 0.4) is 0 Å². The number of nitrogens with one attached hydrogen (secondary N) is 1. The van der Waals surface area contributed by atoms with Gasteiger partial charge >= 0.3 is 0 Å². The first-order chi connectivity index (χ1) is 13.5. The summed E-state index contributed by atoms with van der Waals surface area (Å²) in [4.78, 5) is 12.0. The lowest BCUT2D eigenvalue weighted by Gasteiger charge is -2.07. The van der Waals surface area contributed by atoms with Crippen molar-refractivity contribution in [2.45, 2.75) is 25.7 Å². The summed E-state index contributed by atoms with van der Waals surface area (Å²) in [5.74, 6) is 1.03. The Morgan fingerprint density at radius 1 is 1.21 bits per heavy atom. The molecular weight excluding hydrogens is 376 g/mol. The molecule has 1 aromatic heterocycles. The van der Waals surface area contributed by atoms with E-state index >= 15 is 0 Å². The van der Waals surface area contributed by atoms with Crippen LogP contribution in [-0.4, -0.2) is 21.9 Å². The van der Waals surface area contributed by atoms with Crippen LogP contribution >= 0.6 is 11.8 Å². The highest BCUT2D eigenvalue weighted by atomic mass is 32.2. The Morgan fingerprint density at radius 2 is 2.00 bits per heavy atom. The van der Waals surface area contributed by atoms with Gasteiger partial charge in [-0.3, -0.25) is 4.79 Å². The number of nitrogens with zero attached hydrogens (tertiary/aromatic N) is 3. The Balaban J connectivity index is 1.48. The number of amides is 1. The quantitative estimate of drug-likeness (QED) is 0.607. The second-order valence-corrected chi connectivity index (χ2v) is 6.97. The van der Waals surface area contributed by atoms with Gasteiger partial charge in [0, 0.05) is 5.69 Å². The zero-order valence-corrected chi connectivity index (χ0v) is 16.2. The zero-order valence-electron chi connectivity index (χ0n) is 15.4. The molecule has 0 aliphatic carbocycles. The molecule has 8 heteroatoms. The molecule has 7 nitrogen and oxygen atoms in total. The van der Waals surface area contributed by atoms with E-state index in [2.05, 4.69) is 15.5 Å². The second kappa shape index (κ2) is 9.06. The van der Waals surface area contributed by atoms with E-state index < -0.39 is 0 Å². The molecule has 0 unspecified atom stereocenters. The van der Waals surface area contributed by atoms with Gasteiger partial charge in [-0.25, -0.2) is 0 Å². The smallest absolute Gasteiger partial charge is 0.277 e. The number of benzene rings is 2. The van der Waals surface area contributed by atoms with Gasteiger partial charge < -0.3 is 14.5 Å². The summed E-state index contributed by atoms with van der Waals surface area (Å²) in [7, 11) is 0. The molecule has 0 spiro atoms. The van der Waals surface area contributed by atoms with Crippen LogP contribution in [-0.2, 0) is 11.4 Å². The molecule has 0 aliphatic rings. The fourth-order valence-corrected chi connectivity index (χ4v) is 2.89. The van der Waals surface area contributed by atoms with Crippen LogP contribution in [0.4, 0.5) is 5.69 Å². The van der Waals surface area contributed by atoms with E-state index in [4.69, 9.17) is 14.4 Å². The monoisotopic (exact) mass is 394 g/mol. The standard InChI is InChI=1S/C20H18N4O3S/c1-13-3-4-14(2)17(9-13)26-11-19-23-24-20(27-19)28-12-18(25)22-16-7-5-15(10-21)6-8-16/h3-9H,11-12H2,1-2H3,(H,22,25). The fourth-order valence-electron chi connectivity index (χ4n) is 2.31. The third kappa shape index (κ3) is 5.34. The van der Waals surface area contributed by atoms with E-state index in [0.29, 0.717) is 22.4 Å². The van der Waals surface area contributed by atoms with Crippen LogP contribution in [0.15, 0.2) is 52.1 Å². The Morgan fingerprint density at radius 3 is 2.75 bits per heavy atom. The normalized spacial score (nSPS) is 10.3. The van der Waals surface area contributed by atoms with Gasteiger partial charge in [-0.2, -0.15) is 5.26 Å². The van der Waals surface area contributed by atoms with Crippen molar-refractivity contribution < 1.29 is 13.9 Å². The van der Waals surface area contributed by atoms with Crippen molar-refractivity contribution in [1.82, 2.24) is 10.2 Å². The van der Waals surface area contributed by atoms with Crippen molar-refractivity contribution in [3.05, 3.63) is 65.0 Å². The van der Waals surface area contributed by atoms with Crippen LogP contribution in [0.5, 0.6) is 5.75 Å². The Kier molecular flexibility index (Phi) is 6.29. The molecule has 0 bridgehead atoms. The third-order valence-electron chi connectivity index (χ3n) is 3.77. The number of aryl methyl sites for hydroxylation is 2. The minimum atomic E-state index is -0.207. The van der Waals surface area contributed by atoms with E-state index in [-0.39, 0.29) is 18.3 Å². The number of anilines is 1. The molecule has 0 fully saturated rings. The van der Waals surface area contributed by atoms with Gasteiger partial charge in [0.05, 0.1) is 17.4 Å². The summed E-state index contributed by atoms with van der Waals surface area (Å²) in [6.45, 7) is 4.13. The summed E-state index contributed by atoms with van der Waals surface area (Å²) in [5, 5.41) is 19.7. The molecule has 3 rings (SSSR count). The zero-order chi connectivity index (χ0) is 19.9. The van der Waals surface area contributed by atoms with Gasteiger partial charge in [-0.1, -0.05) is 23.9 Å². The number of nitriles is 1. The largest absolute Gasteiger partial charge is 0.484 e. The molecule has 0 saturated heterocycles. The second-order valence-electron chi connectivity index (χ2n) is 6.05. The van der Waals surface area contributed by atoms with E-state index in [1.165, 1.54) is 0 Å². The molecule has 0 aliphatic heterocycles. The molecule has 142 valence electrons. The lowest BCUT2D eigenvalue weighted by atomic mass is 10.1. The average molecular weight is 394 g/mol. The number of hydrogen-bond donors (Lipinski definition) is 1. The predicted molar refractivity (Wildman–Crippen MR) is 105 cm³/mol. The molecule has 1 N–H and O–H groups in total. The Bertz CT molecular complexity index is 1010. The van der Waals surface area contributed by atoms with Crippen molar-refractivity contribution in [1.29, 1.82) is 5.26 Å². The number of thioether (sulfide) groups is 1. The van der Waals surface area contributed by atoms with E-state index in [1.807, 2.05) is 38.1 Å². The van der Waals surface area contributed by atoms with Gasteiger partial charge in [0.15, 0.2) is 6.61 Å². The van der Waals surface area contributed by atoms with Crippen LogP contribution in [0, 0.1) is 25.2 Å². The molecule has 1 heterocycles. The highest BCUT2D eigenvalue weighted by Crippen LogP contribution is 2.21. The molecule has 0 atom stereocenters. The van der Waals surface area contributed by atoms with E-state index in [9.17, 15) is 4.79 Å². The van der Waals surface area contributed by atoms with Gasteiger partial charge in [-0.15, -0.1) is 10.2 Å². The van der Waals surface area contributed by atoms with Crippen LogP contribution in [0.25, 0.3) is 0 Å². The first-order valence-corrected chi connectivity index (χ1v) is 9.47. The summed E-state index contributed by atoms with van der Waals surface area (Å²) in [6, 6.07) is 14.6. The summed E-state index contributed by atoms with van der Waals surface area (Å²) >= 11 is 1.14. The maximum atomic E-state index is 12.0. The average Bonchev–Trinajstić information content (AvgIpc) is 3.15. The Labute approximate surface area is 166 Å². The lowest BCUT2D eigenvalue weighted by Crippen LogP contribution is -2.13. The molecule has 2 aromatic carbocycles. The van der Waals surface area contributed by atoms with Gasteiger partial charge in [0.1, 0.15) is 5.75 Å². The lowest BCUT2D eigenvalue weighted by molar-refractivity contribution is -0.113. The SMILES string of the molecule is Cc1ccc(C)c(OCc2nnc(SCC(=O)Nc3ccc(C#N)cc3)o2)c1. The number of hydrogen-bond acceptors (Lipinski definition) is 7. The summed E-state index contributed by atoms with van der Waals surface area (Å²) < 4.78 is 11.2. The highest BCUT2D eigenvalue weighted by molar-refractivity contribution is 7.99. The van der Waals surface area contributed by atoms with Crippen molar-refractivity contribution in [2.24, 2.45) is 0 Å². The number of rotatable bonds is 7. The number of aromatic nitrogens is 2. The van der Waals surface area contributed by atoms with Crippen molar-refractivity contribution >= 4 is 23.4 Å². The van der Waals surface area contributed by atoms with Crippen molar-refractivity contribution in [3.8, 4) is 11.8 Å². The topological polar surface area (TPSA) is 101 Å². The van der Waals surface area contributed by atoms with Crippen LogP contribution in [0.2, 0.25) is 0 Å². The highest BCUT2D eigenvalue weighted by Gasteiger charge is 2.11. The molecule has 28 heavy (non-hydrogen) atoms. The van der Waals surface area contributed by atoms with Gasteiger partial charge in [-0.05, 0) is 55.3 Å². The fraction of sp³-hybridized carbons (Fsp3) is 0.200. The van der Waals surface area contributed by atoms with Crippen molar-refractivity contribution in [3.63, 3.8) is 0 Å². The van der Waals surface area contributed by atoms with Crippen LogP contribution < -0.4 is 10.1 Å². The molecule has 1 amide bonds. The molecule has 3 aromatic rings. The predicted octanol–water partition coefficient (Wildman–Crippen LogP) is 3.87. The Hall–Kier alpha value is -3.31. The van der Waals surface area contributed by atoms with Gasteiger partial charge in [0.25, 0.3) is 11.1 Å². The maximum Gasteiger partial charge on any atom is 0.277 e. The summed E-state index contributed by atoms with van der Waals surface area (Å²) in [6.07, 6.45) is 0. The molecular formula is C20H18N4O3S. The first-order valence-electron chi connectivity index (χ1n) is 8.49. The number of ether oxygens (including phenoxy) is 1. The van der Waals surface area contributed by atoms with E-state index in [1.54, 1.807) is 24.3 Å². The van der Waals surface area contributed by atoms with Crippen molar-refractivity contribution in [2.75, 3.05) is 11.1 Å². The number of carbonyl (C=O) groups is 1. The first kappa shape index (κ1) is 19.5.